The van der Waals surface area contributed by atoms with Gasteiger partial charge < -0.3 is 5.32 Å². The van der Waals surface area contributed by atoms with Crippen LogP contribution in [-0.4, -0.2) is 36.7 Å². The standard InChI is InChI=1S/C19H25N3O3S2/c1-4-17-14(3)26-19(20-17)21-18(23)15-9-11-22(12-10-15)27(24,25)16-7-5-13(2)6-8-16/h5-8,15H,4,9-12H2,1-3H3,(H,20,21,23). The Hall–Kier alpha value is -1.77. The van der Waals surface area contributed by atoms with Gasteiger partial charge >= 0.3 is 0 Å². The summed E-state index contributed by atoms with van der Waals surface area (Å²) in [4.78, 5) is 18.4. The molecule has 1 amide bonds. The Morgan fingerprint density at radius 2 is 1.85 bits per heavy atom. The number of aryl methyl sites for hydroxylation is 3. The molecule has 6 nitrogen and oxygen atoms in total. The number of sulfonamides is 1. The van der Waals surface area contributed by atoms with Crippen LogP contribution in [0.3, 0.4) is 0 Å². The van der Waals surface area contributed by atoms with Crippen molar-refractivity contribution in [3.63, 3.8) is 0 Å². The number of carbonyl (C=O) groups excluding carboxylic acids is 1. The Morgan fingerprint density at radius 1 is 1.22 bits per heavy atom. The molecular formula is C19H25N3O3S2. The molecule has 1 aromatic carbocycles. The molecule has 0 atom stereocenters. The maximum absolute atomic E-state index is 12.8. The number of anilines is 1. The monoisotopic (exact) mass is 407 g/mol. The van der Waals surface area contributed by atoms with Crippen molar-refractivity contribution in [3.8, 4) is 0 Å². The van der Waals surface area contributed by atoms with Gasteiger partial charge in [0.15, 0.2) is 5.13 Å². The Balaban J connectivity index is 1.60. The largest absolute Gasteiger partial charge is 0.302 e. The van der Waals surface area contributed by atoms with Crippen LogP contribution in [0.1, 0.15) is 35.9 Å². The van der Waals surface area contributed by atoms with Crippen molar-refractivity contribution in [2.75, 3.05) is 18.4 Å². The lowest BCUT2D eigenvalue weighted by Crippen LogP contribution is -2.41. The molecule has 0 spiro atoms. The van der Waals surface area contributed by atoms with Crippen LogP contribution in [0.2, 0.25) is 0 Å². The summed E-state index contributed by atoms with van der Waals surface area (Å²) in [7, 11) is -3.50. The number of hydrogen-bond donors (Lipinski definition) is 1. The number of hydrogen-bond acceptors (Lipinski definition) is 5. The first-order valence-electron chi connectivity index (χ1n) is 9.15. The summed E-state index contributed by atoms with van der Waals surface area (Å²) in [5.74, 6) is -0.262. The minimum Gasteiger partial charge on any atom is -0.302 e. The van der Waals surface area contributed by atoms with Gasteiger partial charge in [-0.3, -0.25) is 4.79 Å². The van der Waals surface area contributed by atoms with Crippen LogP contribution in [0.4, 0.5) is 5.13 Å². The van der Waals surface area contributed by atoms with E-state index in [4.69, 9.17) is 0 Å². The highest BCUT2D eigenvalue weighted by Crippen LogP contribution is 2.27. The van der Waals surface area contributed by atoms with Crippen LogP contribution in [0.15, 0.2) is 29.2 Å². The number of carbonyl (C=O) groups is 1. The van der Waals surface area contributed by atoms with Gasteiger partial charge in [-0.05, 0) is 45.2 Å². The summed E-state index contributed by atoms with van der Waals surface area (Å²) in [6.07, 6.45) is 1.87. The van der Waals surface area contributed by atoms with Crippen LogP contribution >= 0.6 is 11.3 Å². The van der Waals surface area contributed by atoms with Crippen LogP contribution < -0.4 is 5.32 Å². The van der Waals surface area contributed by atoms with E-state index in [2.05, 4.69) is 10.3 Å². The van der Waals surface area contributed by atoms with Crippen molar-refractivity contribution in [2.24, 2.45) is 5.92 Å². The lowest BCUT2D eigenvalue weighted by Gasteiger charge is -2.30. The van der Waals surface area contributed by atoms with Crippen LogP contribution in [-0.2, 0) is 21.2 Å². The second-order valence-electron chi connectivity index (χ2n) is 6.86. The average molecular weight is 408 g/mol. The van der Waals surface area contributed by atoms with Gasteiger partial charge in [0.25, 0.3) is 0 Å². The third-order valence-corrected chi connectivity index (χ3v) is 7.78. The third-order valence-electron chi connectivity index (χ3n) is 4.94. The average Bonchev–Trinajstić information content (AvgIpc) is 3.01. The lowest BCUT2D eigenvalue weighted by molar-refractivity contribution is -0.120. The van der Waals surface area contributed by atoms with Crippen molar-refractivity contribution < 1.29 is 13.2 Å². The molecule has 0 radical (unpaired) electrons. The number of amides is 1. The second kappa shape index (κ2) is 8.08. The summed E-state index contributed by atoms with van der Waals surface area (Å²) in [6, 6.07) is 6.88. The Morgan fingerprint density at radius 3 is 2.41 bits per heavy atom. The molecule has 1 saturated heterocycles. The fourth-order valence-corrected chi connectivity index (χ4v) is 5.61. The zero-order chi connectivity index (χ0) is 19.6. The van der Waals surface area contributed by atoms with Gasteiger partial charge in [-0.25, -0.2) is 13.4 Å². The third kappa shape index (κ3) is 4.39. The van der Waals surface area contributed by atoms with E-state index in [-0.39, 0.29) is 11.8 Å². The number of thiazole rings is 1. The van der Waals surface area contributed by atoms with Gasteiger partial charge in [0.05, 0.1) is 10.6 Å². The minimum atomic E-state index is -3.50. The van der Waals surface area contributed by atoms with E-state index in [1.54, 1.807) is 24.3 Å². The van der Waals surface area contributed by atoms with E-state index in [0.29, 0.717) is 36.0 Å². The molecule has 2 heterocycles. The fraction of sp³-hybridized carbons (Fsp3) is 0.474. The normalized spacial score (nSPS) is 16.4. The molecule has 146 valence electrons. The maximum Gasteiger partial charge on any atom is 0.243 e. The Bertz CT molecular complexity index is 912. The van der Waals surface area contributed by atoms with E-state index in [0.717, 1.165) is 22.6 Å². The minimum absolute atomic E-state index is 0.0706. The first-order chi connectivity index (χ1) is 12.8. The number of piperidine rings is 1. The van der Waals surface area contributed by atoms with Gasteiger partial charge in [-0.1, -0.05) is 24.6 Å². The van der Waals surface area contributed by atoms with Gasteiger partial charge in [0.2, 0.25) is 15.9 Å². The van der Waals surface area contributed by atoms with Crippen molar-refractivity contribution in [1.82, 2.24) is 9.29 Å². The van der Waals surface area contributed by atoms with Crippen molar-refractivity contribution in [1.29, 1.82) is 0 Å². The number of nitrogens with zero attached hydrogens (tertiary/aromatic N) is 2. The highest BCUT2D eigenvalue weighted by atomic mass is 32.2. The van der Waals surface area contributed by atoms with E-state index >= 15 is 0 Å². The van der Waals surface area contributed by atoms with Crippen LogP contribution in [0.25, 0.3) is 0 Å². The maximum atomic E-state index is 12.8. The molecule has 1 fully saturated rings. The Labute approximate surface area is 164 Å². The predicted octanol–water partition coefficient (Wildman–Crippen LogP) is 3.36. The van der Waals surface area contributed by atoms with Crippen molar-refractivity contribution in [2.45, 2.75) is 44.9 Å². The molecule has 1 aliphatic rings. The van der Waals surface area contributed by atoms with Crippen LogP contribution in [0, 0.1) is 19.8 Å². The van der Waals surface area contributed by atoms with E-state index in [9.17, 15) is 13.2 Å². The summed E-state index contributed by atoms with van der Waals surface area (Å²) in [5.41, 5.74) is 2.03. The zero-order valence-electron chi connectivity index (χ0n) is 15.9. The number of aromatic nitrogens is 1. The summed E-state index contributed by atoms with van der Waals surface area (Å²) < 4.78 is 27.0. The van der Waals surface area contributed by atoms with Crippen molar-refractivity contribution >= 4 is 32.4 Å². The van der Waals surface area contributed by atoms with Gasteiger partial charge in [-0.15, -0.1) is 11.3 Å². The second-order valence-corrected chi connectivity index (χ2v) is 10.00. The highest BCUT2D eigenvalue weighted by Gasteiger charge is 2.32. The molecule has 1 aromatic heterocycles. The van der Waals surface area contributed by atoms with E-state index < -0.39 is 10.0 Å². The molecule has 0 unspecified atom stereocenters. The highest BCUT2D eigenvalue weighted by molar-refractivity contribution is 7.89. The molecule has 2 aromatic rings. The van der Waals surface area contributed by atoms with Crippen molar-refractivity contribution in [3.05, 3.63) is 40.4 Å². The smallest absolute Gasteiger partial charge is 0.243 e. The first kappa shape index (κ1) is 20.0. The SMILES string of the molecule is CCc1nc(NC(=O)C2CCN(S(=O)(=O)c3ccc(C)cc3)CC2)sc1C. The lowest BCUT2D eigenvalue weighted by atomic mass is 9.97. The van der Waals surface area contributed by atoms with Crippen LogP contribution in [0.5, 0.6) is 0 Å². The Kier molecular flexibility index (Phi) is 5.98. The molecular weight excluding hydrogens is 382 g/mol. The molecule has 1 aliphatic heterocycles. The molecule has 0 aliphatic carbocycles. The van der Waals surface area contributed by atoms with Gasteiger partial charge in [0.1, 0.15) is 0 Å². The zero-order valence-corrected chi connectivity index (χ0v) is 17.5. The topological polar surface area (TPSA) is 79.4 Å². The molecule has 27 heavy (non-hydrogen) atoms. The summed E-state index contributed by atoms with van der Waals surface area (Å²) in [6.45, 7) is 6.67. The summed E-state index contributed by atoms with van der Waals surface area (Å²) >= 11 is 1.49. The summed E-state index contributed by atoms with van der Waals surface area (Å²) in [5, 5.41) is 3.53. The molecule has 0 saturated carbocycles. The van der Waals surface area contributed by atoms with E-state index in [1.165, 1.54) is 15.6 Å². The van der Waals surface area contributed by atoms with Gasteiger partial charge in [0, 0.05) is 23.9 Å². The molecule has 0 bridgehead atoms. The molecule has 1 N–H and O–H groups in total. The predicted molar refractivity (Wildman–Crippen MR) is 108 cm³/mol. The molecule has 8 heteroatoms. The molecule has 3 rings (SSSR count). The fourth-order valence-electron chi connectivity index (χ4n) is 3.23. The first-order valence-corrected chi connectivity index (χ1v) is 11.4. The number of benzene rings is 1. The number of nitrogens with one attached hydrogen (secondary N) is 1. The van der Waals surface area contributed by atoms with Gasteiger partial charge in [-0.2, -0.15) is 4.31 Å². The quantitative estimate of drug-likeness (QED) is 0.824. The number of rotatable bonds is 5. The van der Waals surface area contributed by atoms with E-state index in [1.807, 2.05) is 20.8 Å².